The summed E-state index contributed by atoms with van der Waals surface area (Å²) in [4.78, 5) is 17.9. The number of benzene rings is 1. The van der Waals surface area contributed by atoms with Crippen LogP contribution in [0.3, 0.4) is 0 Å². The van der Waals surface area contributed by atoms with Gasteiger partial charge < -0.3 is 5.32 Å². The highest BCUT2D eigenvalue weighted by Crippen LogP contribution is 2.29. The first-order valence-corrected chi connectivity index (χ1v) is 9.53. The van der Waals surface area contributed by atoms with Gasteiger partial charge in [-0.1, -0.05) is 18.2 Å². The number of nitrogens with zero attached hydrogens (tertiary/aromatic N) is 5. The predicted octanol–water partition coefficient (Wildman–Crippen LogP) is 3.22. The Labute approximate surface area is 169 Å². The van der Waals surface area contributed by atoms with Crippen molar-refractivity contribution in [3.05, 3.63) is 64.7 Å². The smallest absolute Gasteiger partial charge is 0.252 e. The van der Waals surface area contributed by atoms with Crippen molar-refractivity contribution in [2.24, 2.45) is 14.1 Å². The van der Waals surface area contributed by atoms with Crippen LogP contribution in [-0.2, 0) is 20.6 Å². The molecule has 4 aromatic rings. The van der Waals surface area contributed by atoms with E-state index in [1.165, 1.54) is 0 Å². The van der Waals surface area contributed by atoms with E-state index in [2.05, 4.69) is 15.5 Å². The van der Waals surface area contributed by atoms with E-state index in [-0.39, 0.29) is 5.91 Å². The molecule has 1 aromatic carbocycles. The van der Waals surface area contributed by atoms with Crippen molar-refractivity contribution < 1.29 is 4.79 Å². The van der Waals surface area contributed by atoms with Gasteiger partial charge in [0.15, 0.2) is 0 Å². The molecule has 7 nitrogen and oxygen atoms in total. The molecular weight excluding hydrogens is 364 g/mol. The lowest BCUT2D eigenvalue weighted by molar-refractivity contribution is 0.0952. The van der Waals surface area contributed by atoms with E-state index in [1.807, 2.05) is 69.9 Å². The number of carbonyl (C=O) groups is 1. The Balaban J connectivity index is 1.76. The lowest BCUT2D eigenvalue weighted by atomic mass is 10.0. The van der Waals surface area contributed by atoms with Crippen LogP contribution in [-0.4, -0.2) is 30.5 Å². The molecule has 0 fully saturated rings. The van der Waals surface area contributed by atoms with Crippen LogP contribution in [0.5, 0.6) is 0 Å². The van der Waals surface area contributed by atoms with Gasteiger partial charge in [0.1, 0.15) is 0 Å². The molecule has 0 saturated heterocycles. The first-order chi connectivity index (χ1) is 13.9. The minimum absolute atomic E-state index is 0.132. The number of aromatic nitrogens is 5. The number of nitrogens with one attached hydrogen (secondary N) is 1. The summed E-state index contributed by atoms with van der Waals surface area (Å²) in [5.41, 5.74) is 7.06. The van der Waals surface area contributed by atoms with Crippen molar-refractivity contribution in [1.29, 1.82) is 0 Å². The molecule has 0 bridgehead atoms. The van der Waals surface area contributed by atoms with Crippen molar-refractivity contribution in [2.75, 3.05) is 0 Å². The molecule has 1 amide bonds. The first-order valence-electron chi connectivity index (χ1n) is 9.53. The van der Waals surface area contributed by atoms with Gasteiger partial charge in [-0.25, -0.2) is 4.98 Å². The monoisotopic (exact) mass is 388 g/mol. The molecule has 0 unspecified atom stereocenters. The Bertz CT molecular complexity index is 1230. The Morgan fingerprint density at radius 3 is 2.48 bits per heavy atom. The third-order valence-corrected chi connectivity index (χ3v) is 5.50. The number of hydrogen-bond donors (Lipinski definition) is 1. The summed E-state index contributed by atoms with van der Waals surface area (Å²) >= 11 is 0. The molecule has 4 rings (SSSR count). The van der Waals surface area contributed by atoms with Crippen LogP contribution in [0, 0.1) is 20.8 Å². The van der Waals surface area contributed by atoms with Crippen LogP contribution in [0.4, 0.5) is 0 Å². The fourth-order valence-electron chi connectivity index (χ4n) is 3.62. The Kier molecular flexibility index (Phi) is 4.66. The predicted molar refractivity (Wildman–Crippen MR) is 113 cm³/mol. The number of carbonyl (C=O) groups excluding carboxylic acids is 1. The van der Waals surface area contributed by atoms with Crippen molar-refractivity contribution >= 4 is 16.8 Å². The van der Waals surface area contributed by atoms with Gasteiger partial charge >= 0.3 is 0 Å². The van der Waals surface area contributed by atoms with E-state index in [1.54, 1.807) is 10.9 Å². The second-order valence-electron chi connectivity index (χ2n) is 7.30. The summed E-state index contributed by atoms with van der Waals surface area (Å²) in [5, 5.41) is 12.6. The number of aryl methyl sites for hydroxylation is 3. The Morgan fingerprint density at radius 2 is 1.83 bits per heavy atom. The van der Waals surface area contributed by atoms with Gasteiger partial charge in [0.2, 0.25) is 0 Å². The number of para-hydroxylation sites is 1. The average Bonchev–Trinajstić information content (AvgIpc) is 3.16. The molecule has 0 saturated carbocycles. The van der Waals surface area contributed by atoms with E-state index < -0.39 is 0 Å². The van der Waals surface area contributed by atoms with E-state index in [9.17, 15) is 4.79 Å². The zero-order valence-corrected chi connectivity index (χ0v) is 17.3. The molecule has 0 aliphatic carbocycles. The molecule has 29 heavy (non-hydrogen) atoms. The molecule has 0 aliphatic rings. The maximum Gasteiger partial charge on any atom is 0.252 e. The Hall–Kier alpha value is -3.48. The van der Waals surface area contributed by atoms with Gasteiger partial charge in [-0.3, -0.25) is 14.2 Å². The largest absolute Gasteiger partial charge is 0.348 e. The SMILES string of the molecule is Cc1nn(C)c(C)c1-c1cc(C(=O)NCc2cnn(C)c2C)c2ccccc2n1. The molecular formula is C22H24N6O. The highest BCUT2D eigenvalue weighted by atomic mass is 16.1. The summed E-state index contributed by atoms with van der Waals surface area (Å²) in [5.74, 6) is -0.132. The number of amides is 1. The lowest BCUT2D eigenvalue weighted by Gasteiger charge is -2.11. The highest BCUT2D eigenvalue weighted by Gasteiger charge is 2.18. The quantitative estimate of drug-likeness (QED) is 0.582. The molecule has 3 aromatic heterocycles. The van der Waals surface area contributed by atoms with Crippen LogP contribution in [0.25, 0.3) is 22.2 Å². The molecule has 0 aliphatic heterocycles. The van der Waals surface area contributed by atoms with Gasteiger partial charge in [-0.15, -0.1) is 0 Å². The van der Waals surface area contributed by atoms with E-state index >= 15 is 0 Å². The van der Waals surface area contributed by atoms with E-state index in [0.717, 1.165) is 44.8 Å². The van der Waals surface area contributed by atoms with Gasteiger partial charge in [0, 0.05) is 48.5 Å². The standard InChI is InChI=1S/C22H24N6O/c1-13-21(15(3)28(5)26-13)20-10-18(17-8-6-7-9-19(17)25-20)22(29)23-11-16-12-24-27(4)14(16)2/h6-10,12H,11H2,1-5H3,(H,23,29). The van der Waals surface area contributed by atoms with Crippen LogP contribution in [0.2, 0.25) is 0 Å². The summed E-state index contributed by atoms with van der Waals surface area (Å²) in [6, 6.07) is 9.58. The van der Waals surface area contributed by atoms with Gasteiger partial charge in [-0.2, -0.15) is 10.2 Å². The van der Waals surface area contributed by atoms with Crippen LogP contribution >= 0.6 is 0 Å². The first kappa shape index (κ1) is 18.9. The summed E-state index contributed by atoms with van der Waals surface area (Å²) in [6.45, 7) is 6.39. The molecule has 1 N–H and O–H groups in total. The van der Waals surface area contributed by atoms with Crippen LogP contribution in [0.1, 0.15) is 33.0 Å². The van der Waals surface area contributed by atoms with Gasteiger partial charge in [0.05, 0.1) is 28.7 Å². The zero-order chi connectivity index (χ0) is 20.7. The summed E-state index contributed by atoms with van der Waals surface area (Å²) in [6.07, 6.45) is 1.79. The molecule has 7 heteroatoms. The normalized spacial score (nSPS) is 11.2. The molecule has 0 atom stereocenters. The maximum absolute atomic E-state index is 13.1. The number of hydrogen-bond acceptors (Lipinski definition) is 4. The topological polar surface area (TPSA) is 77.6 Å². The highest BCUT2D eigenvalue weighted by molar-refractivity contribution is 6.07. The maximum atomic E-state index is 13.1. The van der Waals surface area contributed by atoms with Crippen molar-refractivity contribution in [2.45, 2.75) is 27.3 Å². The van der Waals surface area contributed by atoms with Crippen molar-refractivity contribution in [1.82, 2.24) is 29.9 Å². The fraction of sp³-hybridized carbons (Fsp3) is 0.273. The zero-order valence-electron chi connectivity index (χ0n) is 17.3. The summed E-state index contributed by atoms with van der Waals surface area (Å²) in [7, 11) is 3.80. The second kappa shape index (κ2) is 7.16. The molecule has 3 heterocycles. The number of pyridine rings is 1. The van der Waals surface area contributed by atoms with Gasteiger partial charge in [0.25, 0.3) is 5.91 Å². The second-order valence-corrected chi connectivity index (χ2v) is 7.30. The van der Waals surface area contributed by atoms with Crippen molar-refractivity contribution in [3.63, 3.8) is 0 Å². The fourth-order valence-corrected chi connectivity index (χ4v) is 3.62. The van der Waals surface area contributed by atoms with Gasteiger partial charge in [-0.05, 0) is 32.9 Å². The molecule has 148 valence electrons. The average molecular weight is 388 g/mol. The number of fused-ring (bicyclic) bond motifs is 1. The third-order valence-electron chi connectivity index (χ3n) is 5.50. The van der Waals surface area contributed by atoms with Crippen LogP contribution in [0.15, 0.2) is 36.5 Å². The molecule has 0 spiro atoms. The third kappa shape index (κ3) is 3.29. The van der Waals surface area contributed by atoms with Crippen molar-refractivity contribution in [3.8, 4) is 11.3 Å². The number of rotatable bonds is 4. The molecule has 0 radical (unpaired) electrons. The van der Waals surface area contributed by atoms with E-state index in [4.69, 9.17) is 4.98 Å². The lowest BCUT2D eigenvalue weighted by Crippen LogP contribution is -2.23. The Morgan fingerprint density at radius 1 is 1.07 bits per heavy atom. The van der Waals surface area contributed by atoms with E-state index in [0.29, 0.717) is 12.1 Å². The van der Waals surface area contributed by atoms with Crippen LogP contribution < -0.4 is 5.32 Å². The minimum atomic E-state index is -0.132. The minimum Gasteiger partial charge on any atom is -0.348 e. The summed E-state index contributed by atoms with van der Waals surface area (Å²) < 4.78 is 3.64.